The van der Waals surface area contributed by atoms with E-state index in [4.69, 9.17) is 0 Å². The van der Waals surface area contributed by atoms with Crippen molar-refractivity contribution in [2.45, 2.75) is 52.4 Å². The summed E-state index contributed by atoms with van der Waals surface area (Å²) in [5, 5.41) is 9.78. The van der Waals surface area contributed by atoms with Crippen molar-refractivity contribution < 1.29 is 13.2 Å². The molecular formula is C22H33N5O3S. The number of nitrogens with one attached hydrogen (secondary N) is 2. The molecule has 170 valence electrons. The Kier molecular flexibility index (Phi) is 7.06. The number of sulfonamides is 1. The summed E-state index contributed by atoms with van der Waals surface area (Å²) < 4.78 is 27.5. The highest BCUT2D eigenvalue weighted by molar-refractivity contribution is 7.89. The van der Waals surface area contributed by atoms with E-state index >= 15 is 0 Å². The number of H-pyrrole nitrogens is 1. The number of benzene rings is 1. The first-order chi connectivity index (χ1) is 14.7. The molecule has 2 aromatic rings. The summed E-state index contributed by atoms with van der Waals surface area (Å²) in [4.78, 5) is 15.4. The molecule has 0 saturated carbocycles. The lowest BCUT2D eigenvalue weighted by Crippen LogP contribution is -2.41. The predicted octanol–water partition coefficient (Wildman–Crippen LogP) is 3.22. The molecule has 1 amide bonds. The lowest BCUT2D eigenvalue weighted by molar-refractivity contribution is -0.120. The molecule has 1 saturated heterocycles. The van der Waals surface area contributed by atoms with Crippen molar-refractivity contribution >= 4 is 27.3 Å². The maximum Gasteiger partial charge on any atom is 0.246 e. The molecule has 0 unspecified atom stereocenters. The van der Waals surface area contributed by atoms with E-state index in [1.807, 2.05) is 19.1 Å². The van der Waals surface area contributed by atoms with Crippen LogP contribution in [-0.2, 0) is 14.8 Å². The number of rotatable bonds is 7. The number of aromatic nitrogens is 2. The molecule has 0 aliphatic carbocycles. The molecule has 1 aromatic carbocycles. The van der Waals surface area contributed by atoms with Crippen molar-refractivity contribution in [3.05, 3.63) is 35.2 Å². The molecule has 2 heterocycles. The normalized spacial score (nSPS) is 15.8. The molecule has 2 N–H and O–H groups in total. The molecule has 1 aliphatic rings. The van der Waals surface area contributed by atoms with Crippen LogP contribution in [0.2, 0.25) is 0 Å². The first kappa shape index (κ1) is 23.3. The van der Waals surface area contributed by atoms with Gasteiger partial charge in [0.2, 0.25) is 15.9 Å². The number of hydrogen-bond donors (Lipinski definition) is 2. The van der Waals surface area contributed by atoms with Crippen LogP contribution in [0.1, 0.15) is 43.6 Å². The summed E-state index contributed by atoms with van der Waals surface area (Å²) in [5.74, 6) is -0.258. The third kappa shape index (κ3) is 4.77. The highest BCUT2D eigenvalue weighted by Gasteiger charge is 2.34. The van der Waals surface area contributed by atoms with Gasteiger partial charge in [-0.1, -0.05) is 0 Å². The van der Waals surface area contributed by atoms with Gasteiger partial charge in [0.05, 0.1) is 11.4 Å². The number of piperidine rings is 1. The fourth-order valence-electron chi connectivity index (χ4n) is 4.22. The van der Waals surface area contributed by atoms with E-state index in [9.17, 15) is 13.2 Å². The topological polar surface area (TPSA) is 98.4 Å². The second-order valence-corrected chi connectivity index (χ2v) is 9.98. The maximum absolute atomic E-state index is 13.0. The van der Waals surface area contributed by atoms with E-state index in [2.05, 4.69) is 40.3 Å². The minimum Gasteiger partial charge on any atom is -0.372 e. The molecule has 0 spiro atoms. The molecule has 8 nitrogen and oxygen atoms in total. The second kappa shape index (κ2) is 9.40. The second-order valence-electron chi connectivity index (χ2n) is 8.10. The van der Waals surface area contributed by atoms with Gasteiger partial charge in [0, 0.05) is 43.5 Å². The Labute approximate surface area is 185 Å². The van der Waals surface area contributed by atoms with Crippen LogP contribution in [0.3, 0.4) is 0 Å². The largest absolute Gasteiger partial charge is 0.372 e. The van der Waals surface area contributed by atoms with E-state index in [1.54, 1.807) is 13.8 Å². The van der Waals surface area contributed by atoms with Crippen LogP contribution in [0, 0.1) is 26.7 Å². The Morgan fingerprint density at radius 2 is 1.84 bits per heavy atom. The van der Waals surface area contributed by atoms with Crippen LogP contribution < -0.4 is 10.2 Å². The van der Waals surface area contributed by atoms with Gasteiger partial charge >= 0.3 is 0 Å². The number of nitrogens with zero attached hydrogens (tertiary/aromatic N) is 3. The van der Waals surface area contributed by atoms with Gasteiger partial charge in [-0.05, 0) is 71.2 Å². The van der Waals surface area contributed by atoms with Gasteiger partial charge in [-0.2, -0.15) is 9.40 Å². The Bertz CT molecular complexity index is 1020. The monoisotopic (exact) mass is 447 g/mol. The van der Waals surface area contributed by atoms with Crippen molar-refractivity contribution in [1.29, 1.82) is 0 Å². The van der Waals surface area contributed by atoms with Gasteiger partial charge in [0.25, 0.3) is 0 Å². The van der Waals surface area contributed by atoms with E-state index in [0.29, 0.717) is 37.3 Å². The van der Waals surface area contributed by atoms with E-state index in [1.165, 1.54) is 4.31 Å². The molecule has 3 rings (SSSR count). The summed E-state index contributed by atoms with van der Waals surface area (Å²) in [5.41, 5.74) is 3.98. The number of aromatic amines is 1. The summed E-state index contributed by atoms with van der Waals surface area (Å²) in [6, 6.07) is 6.07. The zero-order chi connectivity index (χ0) is 22.8. The maximum atomic E-state index is 13.0. The number of carbonyl (C=O) groups is 1. The van der Waals surface area contributed by atoms with Crippen molar-refractivity contribution in [2.75, 3.05) is 36.4 Å². The number of carbonyl (C=O) groups excluding carboxylic acids is 1. The molecular weight excluding hydrogens is 414 g/mol. The van der Waals surface area contributed by atoms with Gasteiger partial charge in [-0.3, -0.25) is 9.89 Å². The van der Waals surface area contributed by atoms with Crippen molar-refractivity contribution in [3.8, 4) is 0 Å². The highest BCUT2D eigenvalue weighted by Crippen LogP contribution is 2.28. The fraction of sp³-hybridized carbons (Fsp3) is 0.545. The summed E-state index contributed by atoms with van der Waals surface area (Å²) >= 11 is 0. The molecule has 0 atom stereocenters. The minimum absolute atomic E-state index is 0.0496. The van der Waals surface area contributed by atoms with Gasteiger partial charge in [0.1, 0.15) is 4.90 Å². The third-order valence-electron chi connectivity index (χ3n) is 6.08. The molecule has 31 heavy (non-hydrogen) atoms. The molecule has 0 bridgehead atoms. The van der Waals surface area contributed by atoms with Crippen LogP contribution >= 0.6 is 0 Å². The molecule has 1 fully saturated rings. The quantitative estimate of drug-likeness (QED) is 0.679. The first-order valence-corrected chi connectivity index (χ1v) is 12.3. The molecule has 1 aromatic heterocycles. The average Bonchev–Trinajstić information content (AvgIpc) is 3.09. The van der Waals surface area contributed by atoms with Crippen LogP contribution in [0.15, 0.2) is 23.1 Å². The van der Waals surface area contributed by atoms with Crippen molar-refractivity contribution in [3.63, 3.8) is 0 Å². The summed E-state index contributed by atoms with van der Waals surface area (Å²) in [6.45, 7) is 12.1. The van der Waals surface area contributed by atoms with E-state index in [-0.39, 0.29) is 16.7 Å². The Balaban J connectivity index is 1.63. The van der Waals surface area contributed by atoms with Crippen LogP contribution in [0.4, 0.5) is 11.4 Å². The van der Waals surface area contributed by atoms with Gasteiger partial charge in [0.15, 0.2) is 0 Å². The highest BCUT2D eigenvalue weighted by atomic mass is 32.2. The Morgan fingerprint density at radius 3 is 2.35 bits per heavy atom. The fourth-order valence-corrected chi connectivity index (χ4v) is 6.02. The number of anilines is 2. The SMILES string of the molecule is CCN(CC)c1ccc(NC(=O)C2CCN(S(=O)(=O)c3c(C)n[nH]c3C)CC2)c(C)c1. The zero-order valence-corrected chi connectivity index (χ0v) is 19.8. The van der Waals surface area contributed by atoms with E-state index in [0.717, 1.165) is 30.0 Å². The number of hydrogen-bond acceptors (Lipinski definition) is 5. The predicted molar refractivity (Wildman–Crippen MR) is 123 cm³/mol. The lowest BCUT2D eigenvalue weighted by atomic mass is 9.97. The number of aryl methyl sites for hydroxylation is 3. The molecule has 1 aliphatic heterocycles. The first-order valence-electron chi connectivity index (χ1n) is 10.9. The average molecular weight is 448 g/mol. The lowest BCUT2D eigenvalue weighted by Gasteiger charge is -2.30. The van der Waals surface area contributed by atoms with Gasteiger partial charge < -0.3 is 10.2 Å². The van der Waals surface area contributed by atoms with Crippen LogP contribution in [0.25, 0.3) is 0 Å². The van der Waals surface area contributed by atoms with E-state index < -0.39 is 10.0 Å². The van der Waals surface area contributed by atoms with Crippen molar-refractivity contribution in [1.82, 2.24) is 14.5 Å². The summed E-state index contributed by atoms with van der Waals surface area (Å²) in [7, 11) is -3.61. The molecule has 0 radical (unpaired) electrons. The van der Waals surface area contributed by atoms with Gasteiger partial charge in [-0.25, -0.2) is 8.42 Å². The van der Waals surface area contributed by atoms with Gasteiger partial charge in [-0.15, -0.1) is 0 Å². The number of amides is 1. The van der Waals surface area contributed by atoms with Crippen LogP contribution in [0.5, 0.6) is 0 Å². The summed E-state index contributed by atoms with van der Waals surface area (Å²) in [6.07, 6.45) is 0.995. The van der Waals surface area contributed by atoms with Crippen molar-refractivity contribution in [2.24, 2.45) is 5.92 Å². The third-order valence-corrected chi connectivity index (χ3v) is 8.24. The van der Waals surface area contributed by atoms with Crippen LogP contribution in [-0.4, -0.2) is 55.0 Å². The standard InChI is InChI=1S/C22H33N5O3S/c1-6-26(7-2)19-8-9-20(15(3)14-19)23-22(28)18-10-12-27(13-11-18)31(29,30)21-16(4)24-25-17(21)5/h8-9,14,18H,6-7,10-13H2,1-5H3,(H,23,28)(H,24,25). The zero-order valence-electron chi connectivity index (χ0n) is 19.0. The smallest absolute Gasteiger partial charge is 0.246 e. The Morgan fingerprint density at radius 1 is 1.19 bits per heavy atom. The Hall–Kier alpha value is -2.39. The molecule has 9 heteroatoms. The minimum atomic E-state index is -3.61.